The van der Waals surface area contributed by atoms with E-state index in [-0.39, 0.29) is 0 Å². The van der Waals surface area contributed by atoms with Crippen molar-refractivity contribution in [3.63, 3.8) is 0 Å². The fraction of sp³-hybridized carbons (Fsp3) is 0.581. The van der Waals surface area contributed by atoms with Crippen LogP contribution in [0, 0.1) is 0 Å². The highest BCUT2D eigenvalue weighted by atomic mass is 16.7. The van der Waals surface area contributed by atoms with Crippen LogP contribution in [0.3, 0.4) is 0 Å². The second kappa shape index (κ2) is 18.1. The van der Waals surface area contributed by atoms with Crippen LogP contribution in [0.1, 0.15) is 115 Å². The van der Waals surface area contributed by atoms with Gasteiger partial charge in [0, 0.05) is 0 Å². The molecule has 0 atom stereocenters. The average Bonchev–Trinajstić information content (AvgIpc) is 2.85. The number of carbonyl (C=O) groups excluding carboxylic acids is 1. The minimum Gasteiger partial charge on any atom is -0.395 e. The molecular formula is C31H46O3. The van der Waals surface area contributed by atoms with Crippen LogP contribution in [0.25, 0.3) is 0 Å². The van der Waals surface area contributed by atoms with E-state index >= 15 is 0 Å². The maximum absolute atomic E-state index is 12.1. The summed E-state index contributed by atoms with van der Waals surface area (Å²) < 4.78 is 10.7. The molecule has 34 heavy (non-hydrogen) atoms. The molecule has 0 saturated heterocycles. The predicted molar refractivity (Wildman–Crippen MR) is 143 cm³/mol. The zero-order valence-corrected chi connectivity index (χ0v) is 21.7. The molecule has 0 spiro atoms. The molecule has 188 valence electrons. The Morgan fingerprint density at radius 1 is 0.500 bits per heavy atom. The Labute approximate surface area is 208 Å². The summed E-state index contributed by atoms with van der Waals surface area (Å²) in [4.78, 5) is 12.1. The van der Waals surface area contributed by atoms with E-state index in [9.17, 15) is 4.79 Å². The van der Waals surface area contributed by atoms with Crippen LogP contribution in [0.4, 0.5) is 4.79 Å². The van der Waals surface area contributed by atoms with Crippen molar-refractivity contribution in [3.05, 3.63) is 59.7 Å². The minimum absolute atomic E-state index is 0.517. The monoisotopic (exact) mass is 466 g/mol. The van der Waals surface area contributed by atoms with Gasteiger partial charge in [0.15, 0.2) is 0 Å². The number of hydrogen-bond acceptors (Lipinski definition) is 3. The minimum atomic E-state index is -0.695. The quantitative estimate of drug-likeness (QED) is 0.125. The molecular weight excluding hydrogens is 420 g/mol. The summed E-state index contributed by atoms with van der Waals surface area (Å²) in [7, 11) is 0. The van der Waals surface area contributed by atoms with E-state index in [2.05, 4.69) is 13.8 Å². The number of ether oxygens (including phenoxy) is 2. The van der Waals surface area contributed by atoms with Crippen LogP contribution >= 0.6 is 0 Å². The first kappa shape index (κ1) is 28.0. The highest BCUT2D eigenvalue weighted by Crippen LogP contribution is 2.19. The van der Waals surface area contributed by atoms with Crippen molar-refractivity contribution < 1.29 is 14.3 Å². The Kier molecular flexibility index (Phi) is 14.9. The average molecular weight is 467 g/mol. The second-order valence-corrected chi connectivity index (χ2v) is 9.48. The van der Waals surface area contributed by atoms with Gasteiger partial charge in [0.2, 0.25) is 0 Å². The first-order valence-corrected chi connectivity index (χ1v) is 13.8. The highest BCUT2D eigenvalue weighted by Gasteiger charge is 2.08. The lowest BCUT2D eigenvalue weighted by atomic mass is 10.0. The van der Waals surface area contributed by atoms with Crippen molar-refractivity contribution >= 4 is 6.16 Å². The van der Waals surface area contributed by atoms with Crippen molar-refractivity contribution in [1.29, 1.82) is 0 Å². The molecule has 0 aliphatic carbocycles. The maximum Gasteiger partial charge on any atom is 0.519 e. The zero-order chi connectivity index (χ0) is 24.3. The fourth-order valence-electron chi connectivity index (χ4n) is 4.23. The predicted octanol–water partition coefficient (Wildman–Crippen LogP) is 9.85. The maximum atomic E-state index is 12.1. The van der Waals surface area contributed by atoms with Gasteiger partial charge in [0.25, 0.3) is 0 Å². The van der Waals surface area contributed by atoms with Crippen LogP contribution < -0.4 is 9.47 Å². The van der Waals surface area contributed by atoms with E-state index in [0.29, 0.717) is 11.5 Å². The molecule has 0 unspecified atom stereocenters. The van der Waals surface area contributed by atoms with Gasteiger partial charge in [-0.25, -0.2) is 4.79 Å². The molecule has 3 nitrogen and oxygen atoms in total. The summed E-state index contributed by atoms with van der Waals surface area (Å²) in [6.07, 6.45) is 19.8. The summed E-state index contributed by atoms with van der Waals surface area (Å²) in [6.45, 7) is 4.50. The van der Waals surface area contributed by atoms with Crippen molar-refractivity contribution in [2.45, 2.75) is 117 Å². The molecule has 0 fully saturated rings. The molecule has 0 aromatic heterocycles. The lowest BCUT2D eigenvalue weighted by molar-refractivity contribution is 0.152. The lowest BCUT2D eigenvalue weighted by Crippen LogP contribution is -2.13. The van der Waals surface area contributed by atoms with E-state index in [0.717, 1.165) is 12.8 Å². The molecule has 0 radical (unpaired) electrons. The van der Waals surface area contributed by atoms with E-state index in [4.69, 9.17) is 9.47 Å². The van der Waals surface area contributed by atoms with Crippen LogP contribution in [-0.2, 0) is 12.8 Å². The largest absolute Gasteiger partial charge is 0.519 e. The number of benzene rings is 2. The van der Waals surface area contributed by atoms with Gasteiger partial charge >= 0.3 is 6.16 Å². The van der Waals surface area contributed by atoms with Gasteiger partial charge in [-0.05, 0) is 61.1 Å². The molecule has 0 heterocycles. The van der Waals surface area contributed by atoms with Crippen LogP contribution in [-0.4, -0.2) is 6.16 Å². The Morgan fingerprint density at radius 3 is 1.18 bits per heavy atom. The Bertz CT molecular complexity index is 699. The van der Waals surface area contributed by atoms with Crippen molar-refractivity contribution in [1.82, 2.24) is 0 Å². The van der Waals surface area contributed by atoms with Gasteiger partial charge in [-0.2, -0.15) is 0 Å². The molecule has 3 heteroatoms. The van der Waals surface area contributed by atoms with Gasteiger partial charge in [0.1, 0.15) is 11.5 Å². The number of rotatable bonds is 18. The Morgan fingerprint density at radius 2 is 0.824 bits per heavy atom. The molecule has 2 aromatic rings. The molecule has 0 N–H and O–H groups in total. The van der Waals surface area contributed by atoms with Crippen molar-refractivity contribution in [3.8, 4) is 11.5 Å². The first-order valence-electron chi connectivity index (χ1n) is 13.8. The normalized spacial score (nSPS) is 10.9. The van der Waals surface area contributed by atoms with Crippen molar-refractivity contribution in [2.75, 3.05) is 0 Å². The van der Waals surface area contributed by atoms with Crippen LogP contribution in [0.5, 0.6) is 11.5 Å². The third kappa shape index (κ3) is 12.8. The smallest absolute Gasteiger partial charge is 0.395 e. The summed E-state index contributed by atoms with van der Waals surface area (Å²) >= 11 is 0. The van der Waals surface area contributed by atoms with E-state index in [1.54, 1.807) is 0 Å². The summed E-state index contributed by atoms with van der Waals surface area (Å²) in [6, 6.07) is 15.6. The molecule has 0 aliphatic heterocycles. The first-order chi connectivity index (χ1) is 16.7. The topological polar surface area (TPSA) is 35.5 Å². The molecule has 0 saturated carbocycles. The van der Waals surface area contributed by atoms with Gasteiger partial charge in [-0.15, -0.1) is 0 Å². The Hall–Kier alpha value is -2.29. The molecule has 0 bridgehead atoms. The number of hydrogen-bond donors (Lipinski definition) is 0. The summed E-state index contributed by atoms with van der Waals surface area (Å²) in [5.74, 6) is 1.03. The van der Waals surface area contributed by atoms with Crippen molar-refractivity contribution in [2.24, 2.45) is 0 Å². The van der Waals surface area contributed by atoms with E-state index < -0.39 is 6.16 Å². The van der Waals surface area contributed by atoms with Crippen LogP contribution in [0.15, 0.2) is 48.5 Å². The molecule has 0 amide bonds. The van der Waals surface area contributed by atoms with Gasteiger partial charge in [-0.1, -0.05) is 115 Å². The zero-order valence-electron chi connectivity index (χ0n) is 21.7. The standard InChI is InChI=1S/C31H46O3/c1-3-5-7-9-11-13-15-17-27-19-23-29(24-20-27)33-31(32)34-30-25-21-28(22-26-30)18-16-14-12-10-8-6-4-2/h19-26H,3-18H2,1-2H3. The molecule has 0 aliphatic rings. The SMILES string of the molecule is CCCCCCCCCc1ccc(OC(=O)Oc2ccc(CCCCCCCCC)cc2)cc1. The summed E-state index contributed by atoms with van der Waals surface area (Å²) in [5, 5.41) is 0. The second-order valence-electron chi connectivity index (χ2n) is 9.48. The van der Waals surface area contributed by atoms with E-state index in [1.807, 2.05) is 48.5 Å². The van der Waals surface area contributed by atoms with Gasteiger partial charge in [-0.3, -0.25) is 0 Å². The number of unbranched alkanes of at least 4 members (excludes halogenated alkanes) is 12. The fourth-order valence-corrected chi connectivity index (χ4v) is 4.23. The number of aryl methyl sites for hydroxylation is 2. The third-order valence-corrected chi connectivity index (χ3v) is 6.39. The number of carbonyl (C=O) groups is 1. The molecule has 2 rings (SSSR count). The van der Waals surface area contributed by atoms with E-state index in [1.165, 1.54) is 101 Å². The third-order valence-electron chi connectivity index (χ3n) is 6.39. The van der Waals surface area contributed by atoms with Gasteiger partial charge < -0.3 is 9.47 Å². The summed E-state index contributed by atoms with van der Waals surface area (Å²) in [5.41, 5.74) is 2.57. The van der Waals surface area contributed by atoms with Crippen LogP contribution in [0.2, 0.25) is 0 Å². The lowest BCUT2D eigenvalue weighted by Gasteiger charge is -2.08. The highest BCUT2D eigenvalue weighted by molar-refractivity contribution is 5.67. The van der Waals surface area contributed by atoms with Gasteiger partial charge in [0.05, 0.1) is 0 Å². The Balaban J connectivity index is 1.61. The molecule has 2 aromatic carbocycles.